The molecule has 28 heavy (non-hydrogen) atoms. The minimum Gasteiger partial charge on any atom is -0.451 e. The fraction of sp³-hybridized carbons (Fsp3) is 0.550. The van der Waals surface area contributed by atoms with Crippen molar-refractivity contribution in [2.45, 2.75) is 50.0 Å². The second-order valence-corrected chi connectivity index (χ2v) is 9.53. The molecule has 152 valence electrons. The first-order valence-electron chi connectivity index (χ1n) is 10.00. The molecule has 0 spiro atoms. The van der Waals surface area contributed by atoms with Gasteiger partial charge in [-0.2, -0.15) is 0 Å². The first kappa shape index (κ1) is 19.4. The molecule has 0 radical (unpaired) electrons. The molecule has 2 aliphatic rings. The summed E-state index contributed by atoms with van der Waals surface area (Å²) in [4.78, 5) is 14.8. The number of furan rings is 1. The van der Waals surface area contributed by atoms with Crippen LogP contribution in [0, 0.1) is 6.92 Å². The minimum absolute atomic E-state index is 0.191. The Balaban J connectivity index is 1.47. The second-order valence-electron chi connectivity index (χ2n) is 7.76. The van der Waals surface area contributed by atoms with Gasteiger partial charge in [-0.25, -0.2) is 13.1 Å². The Morgan fingerprint density at radius 1 is 1.21 bits per heavy atom. The number of hydrogen-bond donors (Lipinski definition) is 2. The Morgan fingerprint density at radius 2 is 1.96 bits per heavy atom. The molecule has 2 N–H and O–H groups in total. The lowest BCUT2D eigenvalue weighted by Crippen LogP contribution is -2.37. The fourth-order valence-electron chi connectivity index (χ4n) is 3.67. The molecule has 7 nitrogen and oxygen atoms in total. The van der Waals surface area contributed by atoms with E-state index in [4.69, 9.17) is 4.42 Å². The van der Waals surface area contributed by atoms with Gasteiger partial charge >= 0.3 is 0 Å². The smallest absolute Gasteiger partial charge is 0.287 e. The number of benzene rings is 1. The summed E-state index contributed by atoms with van der Waals surface area (Å²) in [7, 11) is -3.61. The van der Waals surface area contributed by atoms with E-state index in [1.807, 2.05) is 0 Å². The molecule has 1 saturated carbocycles. The van der Waals surface area contributed by atoms with Gasteiger partial charge < -0.3 is 14.6 Å². The molecule has 2 aromatic rings. The van der Waals surface area contributed by atoms with Gasteiger partial charge in [0.2, 0.25) is 10.0 Å². The van der Waals surface area contributed by atoms with E-state index in [0.717, 1.165) is 32.5 Å². The van der Waals surface area contributed by atoms with Crippen LogP contribution in [0.25, 0.3) is 11.0 Å². The third kappa shape index (κ3) is 4.24. The Hall–Kier alpha value is -1.90. The lowest BCUT2D eigenvalue weighted by molar-refractivity contribution is 0.0924. The first-order valence-corrected chi connectivity index (χ1v) is 11.5. The Labute approximate surface area is 165 Å². The van der Waals surface area contributed by atoms with Crippen LogP contribution in [-0.4, -0.2) is 51.4 Å². The summed E-state index contributed by atoms with van der Waals surface area (Å²) >= 11 is 0. The van der Waals surface area contributed by atoms with Gasteiger partial charge in [0.15, 0.2) is 5.76 Å². The fourth-order valence-corrected chi connectivity index (χ4v) is 4.71. The maximum absolute atomic E-state index is 12.7. The third-order valence-corrected chi connectivity index (χ3v) is 6.96. The summed E-state index contributed by atoms with van der Waals surface area (Å²) in [5, 5.41) is 3.56. The van der Waals surface area contributed by atoms with Crippen molar-refractivity contribution in [3.05, 3.63) is 29.5 Å². The van der Waals surface area contributed by atoms with Gasteiger partial charge in [0.1, 0.15) is 5.58 Å². The SMILES string of the molecule is Cc1c(C(=O)NC2CC2)oc2ccc(S(=O)(=O)NCCN3CCCCC3)cc12. The number of aryl methyl sites for hydroxylation is 1. The van der Waals surface area contributed by atoms with Gasteiger partial charge in [-0.05, 0) is 63.9 Å². The number of sulfonamides is 1. The van der Waals surface area contributed by atoms with E-state index in [1.54, 1.807) is 19.1 Å². The summed E-state index contributed by atoms with van der Waals surface area (Å²) in [5.74, 6) is 0.0229. The van der Waals surface area contributed by atoms with Crippen LogP contribution in [0.1, 0.15) is 48.2 Å². The molecule has 1 aromatic carbocycles. The topological polar surface area (TPSA) is 91.6 Å². The van der Waals surface area contributed by atoms with Crippen LogP contribution in [0.15, 0.2) is 27.5 Å². The second kappa shape index (κ2) is 7.85. The Kier molecular flexibility index (Phi) is 5.44. The van der Waals surface area contributed by atoms with Gasteiger partial charge in [0.25, 0.3) is 5.91 Å². The molecule has 1 aliphatic carbocycles. The lowest BCUT2D eigenvalue weighted by Gasteiger charge is -2.26. The van der Waals surface area contributed by atoms with Crippen molar-refractivity contribution in [2.75, 3.05) is 26.2 Å². The van der Waals surface area contributed by atoms with E-state index < -0.39 is 10.0 Å². The summed E-state index contributed by atoms with van der Waals surface area (Å²) in [6.45, 7) is 4.96. The van der Waals surface area contributed by atoms with Crippen molar-refractivity contribution in [2.24, 2.45) is 0 Å². The lowest BCUT2D eigenvalue weighted by atomic mass is 10.1. The number of rotatable bonds is 7. The maximum Gasteiger partial charge on any atom is 0.287 e. The summed E-state index contributed by atoms with van der Waals surface area (Å²) in [6.07, 6.45) is 5.61. The van der Waals surface area contributed by atoms with Crippen molar-refractivity contribution in [3.63, 3.8) is 0 Å². The highest BCUT2D eigenvalue weighted by Crippen LogP contribution is 2.28. The van der Waals surface area contributed by atoms with Crippen molar-refractivity contribution >= 4 is 26.9 Å². The zero-order chi connectivity index (χ0) is 19.7. The van der Waals surface area contributed by atoms with Crippen LogP contribution in [0.5, 0.6) is 0 Å². The van der Waals surface area contributed by atoms with Crippen LogP contribution < -0.4 is 10.0 Å². The Bertz CT molecular complexity index is 973. The highest BCUT2D eigenvalue weighted by molar-refractivity contribution is 7.89. The van der Waals surface area contributed by atoms with Crippen molar-refractivity contribution in [1.82, 2.24) is 14.9 Å². The molecule has 1 amide bonds. The minimum atomic E-state index is -3.61. The van der Waals surface area contributed by atoms with Crippen LogP contribution >= 0.6 is 0 Å². The number of nitrogens with one attached hydrogen (secondary N) is 2. The van der Waals surface area contributed by atoms with E-state index in [1.165, 1.54) is 25.3 Å². The molecule has 1 aliphatic heterocycles. The van der Waals surface area contributed by atoms with Crippen LogP contribution in [0.2, 0.25) is 0 Å². The molecule has 0 atom stereocenters. The van der Waals surface area contributed by atoms with Crippen molar-refractivity contribution in [1.29, 1.82) is 0 Å². The van der Waals surface area contributed by atoms with Crippen molar-refractivity contribution < 1.29 is 17.6 Å². The summed E-state index contributed by atoms with van der Waals surface area (Å²) < 4.78 is 33.7. The van der Waals surface area contributed by atoms with Crippen LogP contribution in [-0.2, 0) is 10.0 Å². The zero-order valence-corrected chi connectivity index (χ0v) is 17.0. The number of hydrogen-bond acceptors (Lipinski definition) is 5. The standard InChI is InChI=1S/C20H27N3O4S/c1-14-17-13-16(28(25,26)21-9-12-23-10-3-2-4-11-23)7-8-18(17)27-19(14)20(24)22-15-5-6-15/h7-8,13,15,21H,2-6,9-12H2,1H3,(H,22,24). The van der Waals surface area contributed by atoms with E-state index in [2.05, 4.69) is 14.9 Å². The van der Waals surface area contributed by atoms with Crippen molar-refractivity contribution in [3.8, 4) is 0 Å². The van der Waals surface area contributed by atoms with Gasteiger partial charge in [0.05, 0.1) is 4.90 Å². The monoisotopic (exact) mass is 405 g/mol. The van der Waals surface area contributed by atoms with E-state index in [-0.39, 0.29) is 22.6 Å². The molecule has 2 heterocycles. The molecule has 4 rings (SSSR count). The molecule has 0 unspecified atom stereocenters. The predicted octanol–water partition coefficient (Wildman–Crippen LogP) is 2.40. The third-order valence-electron chi connectivity index (χ3n) is 5.51. The van der Waals surface area contributed by atoms with E-state index >= 15 is 0 Å². The highest BCUT2D eigenvalue weighted by atomic mass is 32.2. The normalized spacial score (nSPS) is 18.5. The Morgan fingerprint density at radius 3 is 2.68 bits per heavy atom. The average Bonchev–Trinajstić information content (AvgIpc) is 3.43. The molecular formula is C20H27N3O4S. The van der Waals surface area contributed by atoms with E-state index in [9.17, 15) is 13.2 Å². The predicted molar refractivity (Wildman–Crippen MR) is 107 cm³/mol. The van der Waals surface area contributed by atoms with Gasteiger partial charge in [-0.15, -0.1) is 0 Å². The number of fused-ring (bicyclic) bond motifs is 1. The summed E-state index contributed by atoms with van der Waals surface area (Å²) in [5.41, 5.74) is 1.18. The van der Waals surface area contributed by atoms with Gasteiger partial charge in [-0.1, -0.05) is 6.42 Å². The molecular weight excluding hydrogens is 378 g/mol. The molecule has 2 fully saturated rings. The van der Waals surface area contributed by atoms with E-state index in [0.29, 0.717) is 23.1 Å². The van der Waals surface area contributed by atoms with Crippen LogP contribution in [0.3, 0.4) is 0 Å². The number of carbonyl (C=O) groups is 1. The van der Waals surface area contributed by atoms with Crippen LogP contribution in [0.4, 0.5) is 0 Å². The van der Waals surface area contributed by atoms with Gasteiger partial charge in [0, 0.05) is 30.1 Å². The molecule has 0 bridgehead atoms. The maximum atomic E-state index is 12.7. The average molecular weight is 406 g/mol. The number of carbonyl (C=O) groups excluding carboxylic acids is 1. The zero-order valence-electron chi connectivity index (χ0n) is 16.2. The highest BCUT2D eigenvalue weighted by Gasteiger charge is 2.27. The van der Waals surface area contributed by atoms with Gasteiger partial charge in [-0.3, -0.25) is 4.79 Å². The number of nitrogens with zero attached hydrogens (tertiary/aromatic N) is 1. The molecule has 8 heteroatoms. The first-order chi connectivity index (χ1) is 13.4. The molecule has 1 aromatic heterocycles. The number of amides is 1. The summed E-state index contributed by atoms with van der Waals surface area (Å²) in [6, 6.07) is 4.97. The largest absolute Gasteiger partial charge is 0.451 e. The molecule has 1 saturated heterocycles. The number of likely N-dealkylation sites (tertiary alicyclic amines) is 1. The quantitative estimate of drug-likeness (QED) is 0.738. The number of piperidine rings is 1.